The number of amides is 1. The van der Waals surface area contributed by atoms with Crippen LogP contribution >= 0.6 is 0 Å². The van der Waals surface area contributed by atoms with Crippen LogP contribution in [0.4, 0.5) is 9.18 Å². The number of esters is 1. The Morgan fingerprint density at radius 1 is 1.13 bits per heavy atom. The van der Waals surface area contributed by atoms with Crippen LogP contribution in [0, 0.1) is 5.82 Å². The van der Waals surface area contributed by atoms with Crippen LogP contribution < -0.4 is 10.1 Å². The standard InChI is InChI=1S/C23H28FNO5/c1-6-12-29-19-11-10-15(13-16(19)14-25-22(27)30-23(2,3)4)17-8-7-9-18(20(17)24)21(26)28-5/h7-11,13H,6,12,14H2,1-5H3,(H,25,27). The van der Waals surface area contributed by atoms with Gasteiger partial charge in [-0.15, -0.1) is 0 Å². The van der Waals surface area contributed by atoms with Crippen molar-refractivity contribution < 1.29 is 28.2 Å². The zero-order chi connectivity index (χ0) is 22.3. The molecule has 2 aromatic carbocycles. The molecule has 0 fully saturated rings. The Labute approximate surface area is 176 Å². The van der Waals surface area contributed by atoms with E-state index in [0.29, 0.717) is 23.5 Å². The average Bonchev–Trinajstić information content (AvgIpc) is 2.69. The predicted octanol–water partition coefficient (Wildman–Crippen LogP) is 5.09. The second-order valence-electron chi connectivity index (χ2n) is 7.69. The Balaban J connectivity index is 2.36. The third kappa shape index (κ3) is 6.20. The summed E-state index contributed by atoms with van der Waals surface area (Å²) in [5.74, 6) is -0.831. The van der Waals surface area contributed by atoms with E-state index in [1.807, 2.05) is 6.92 Å². The van der Waals surface area contributed by atoms with Gasteiger partial charge in [-0.1, -0.05) is 25.1 Å². The first kappa shape index (κ1) is 23.2. The highest BCUT2D eigenvalue weighted by molar-refractivity contribution is 5.91. The van der Waals surface area contributed by atoms with Crippen LogP contribution in [0.25, 0.3) is 11.1 Å². The number of hydrogen-bond donors (Lipinski definition) is 1. The number of benzene rings is 2. The average molecular weight is 417 g/mol. The van der Waals surface area contributed by atoms with Crippen LogP contribution in [0.15, 0.2) is 36.4 Å². The van der Waals surface area contributed by atoms with Gasteiger partial charge in [0.15, 0.2) is 0 Å². The van der Waals surface area contributed by atoms with Crippen LogP contribution in [0.3, 0.4) is 0 Å². The maximum absolute atomic E-state index is 14.9. The summed E-state index contributed by atoms with van der Waals surface area (Å²) in [4.78, 5) is 23.8. The molecule has 0 aromatic heterocycles. The minimum Gasteiger partial charge on any atom is -0.493 e. The van der Waals surface area contributed by atoms with Gasteiger partial charge in [0.05, 0.1) is 19.3 Å². The second-order valence-corrected chi connectivity index (χ2v) is 7.69. The first-order chi connectivity index (χ1) is 14.2. The third-order valence-electron chi connectivity index (χ3n) is 4.06. The zero-order valence-corrected chi connectivity index (χ0v) is 18.0. The van der Waals surface area contributed by atoms with Crippen molar-refractivity contribution in [1.29, 1.82) is 0 Å². The first-order valence-electron chi connectivity index (χ1n) is 9.76. The molecular formula is C23H28FNO5. The maximum atomic E-state index is 14.9. The number of carbonyl (C=O) groups excluding carboxylic acids is 2. The molecule has 0 aliphatic carbocycles. The van der Waals surface area contributed by atoms with Crippen molar-refractivity contribution in [2.75, 3.05) is 13.7 Å². The molecule has 162 valence electrons. The lowest BCUT2D eigenvalue weighted by Gasteiger charge is -2.20. The summed E-state index contributed by atoms with van der Waals surface area (Å²) in [7, 11) is 1.20. The number of halogens is 1. The van der Waals surface area contributed by atoms with Gasteiger partial charge in [-0.05, 0) is 51.0 Å². The van der Waals surface area contributed by atoms with Gasteiger partial charge in [0.2, 0.25) is 0 Å². The second kappa shape index (κ2) is 10.1. The highest BCUT2D eigenvalue weighted by Crippen LogP contribution is 2.30. The quantitative estimate of drug-likeness (QED) is 0.635. The van der Waals surface area contributed by atoms with Gasteiger partial charge in [-0.25, -0.2) is 14.0 Å². The van der Waals surface area contributed by atoms with Crippen LogP contribution in [0.2, 0.25) is 0 Å². The fraction of sp³-hybridized carbons (Fsp3) is 0.391. The molecule has 0 heterocycles. The summed E-state index contributed by atoms with van der Waals surface area (Å²) in [6.07, 6.45) is 0.254. The molecular weight excluding hydrogens is 389 g/mol. The van der Waals surface area contributed by atoms with Crippen molar-refractivity contribution in [3.05, 3.63) is 53.3 Å². The lowest BCUT2D eigenvalue weighted by Crippen LogP contribution is -2.32. The molecule has 2 aromatic rings. The van der Waals surface area contributed by atoms with Crippen LogP contribution in [-0.2, 0) is 16.0 Å². The highest BCUT2D eigenvalue weighted by atomic mass is 19.1. The van der Waals surface area contributed by atoms with Crippen LogP contribution in [0.1, 0.15) is 50.0 Å². The van der Waals surface area contributed by atoms with E-state index >= 15 is 0 Å². The van der Waals surface area contributed by atoms with Gasteiger partial charge in [-0.3, -0.25) is 0 Å². The SMILES string of the molecule is CCCOc1ccc(-c2cccc(C(=O)OC)c2F)cc1CNC(=O)OC(C)(C)C. The van der Waals surface area contributed by atoms with E-state index in [4.69, 9.17) is 9.47 Å². The summed E-state index contributed by atoms with van der Waals surface area (Å²) in [5.41, 5.74) is 0.691. The number of hydrogen-bond acceptors (Lipinski definition) is 5. The summed E-state index contributed by atoms with van der Waals surface area (Å²) in [6.45, 7) is 7.96. The Hall–Kier alpha value is -3.09. The van der Waals surface area contributed by atoms with E-state index < -0.39 is 23.5 Å². The van der Waals surface area contributed by atoms with E-state index in [-0.39, 0.29) is 17.7 Å². The molecule has 6 nitrogen and oxygen atoms in total. The molecule has 0 unspecified atom stereocenters. The molecule has 0 spiro atoms. The van der Waals surface area contributed by atoms with Crippen molar-refractivity contribution >= 4 is 12.1 Å². The normalized spacial score (nSPS) is 11.0. The Morgan fingerprint density at radius 3 is 2.50 bits per heavy atom. The molecule has 2 rings (SSSR count). The maximum Gasteiger partial charge on any atom is 0.407 e. The van der Waals surface area contributed by atoms with E-state index in [1.54, 1.807) is 51.1 Å². The van der Waals surface area contributed by atoms with Crippen molar-refractivity contribution in [3.8, 4) is 16.9 Å². The van der Waals surface area contributed by atoms with E-state index in [1.165, 1.54) is 13.2 Å². The van der Waals surface area contributed by atoms with Crippen molar-refractivity contribution in [1.82, 2.24) is 5.32 Å². The van der Waals surface area contributed by atoms with Gasteiger partial charge in [0, 0.05) is 17.7 Å². The predicted molar refractivity (Wildman–Crippen MR) is 112 cm³/mol. The molecule has 0 saturated carbocycles. The molecule has 0 saturated heterocycles. The first-order valence-corrected chi connectivity index (χ1v) is 9.76. The van der Waals surface area contributed by atoms with E-state index in [9.17, 15) is 14.0 Å². The van der Waals surface area contributed by atoms with Gasteiger partial charge in [0.25, 0.3) is 0 Å². The van der Waals surface area contributed by atoms with Gasteiger partial charge in [-0.2, -0.15) is 0 Å². The smallest absolute Gasteiger partial charge is 0.407 e. The molecule has 0 bridgehead atoms. The Bertz CT molecular complexity index is 905. The Kier molecular flexibility index (Phi) is 7.80. The lowest BCUT2D eigenvalue weighted by molar-refractivity contribution is 0.0522. The fourth-order valence-electron chi connectivity index (χ4n) is 2.74. The van der Waals surface area contributed by atoms with Crippen molar-refractivity contribution in [3.63, 3.8) is 0 Å². The third-order valence-corrected chi connectivity index (χ3v) is 4.06. The van der Waals surface area contributed by atoms with E-state index in [0.717, 1.165) is 6.42 Å². The molecule has 30 heavy (non-hydrogen) atoms. The number of ether oxygens (including phenoxy) is 3. The Morgan fingerprint density at radius 2 is 1.87 bits per heavy atom. The van der Waals surface area contributed by atoms with Crippen molar-refractivity contribution in [2.45, 2.75) is 46.3 Å². The summed E-state index contributed by atoms with van der Waals surface area (Å²) in [6, 6.07) is 9.69. The number of alkyl carbamates (subject to hydrolysis) is 1. The van der Waals surface area contributed by atoms with Gasteiger partial charge < -0.3 is 19.5 Å². The van der Waals surface area contributed by atoms with Crippen LogP contribution in [0.5, 0.6) is 5.75 Å². The molecule has 0 aliphatic heterocycles. The summed E-state index contributed by atoms with van der Waals surface area (Å²) < 4.78 is 30.6. The van der Waals surface area contributed by atoms with Crippen LogP contribution in [-0.4, -0.2) is 31.4 Å². The van der Waals surface area contributed by atoms with Crippen molar-refractivity contribution in [2.24, 2.45) is 0 Å². The minimum atomic E-state index is -0.746. The molecule has 0 radical (unpaired) electrons. The fourth-order valence-corrected chi connectivity index (χ4v) is 2.74. The molecule has 1 N–H and O–H groups in total. The minimum absolute atomic E-state index is 0.139. The topological polar surface area (TPSA) is 73.9 Å². The summed E-state index contributed by atoms with van der Waals surface area (Å²) >= 11 is 0. The largest absolute Gasteiger partial charge is 0.493 e. The highest BCUT2D eigenvalue weighted by Gasteiger charge is 2.19. The number of rotatable bonds is 7. The molecule has 0 aliphatic rings. The number of carbonyl (C=O) groups is 2. The van der Waals surface area contributed by atoms with Gasteiger partial charge in [0.1, 0.15) is 17.2 Å². The number of methoxy groups -OCH3 is 1. The lowest BCUT2D eigenvalue weighted by atomic mass is 9.99. The van der Waals surface area contributed by atoms with E-state index in [2.05, 4.69) is 10.1 Å². The van der Waals surface area contributed by atoms with Gasteiger partial charge >= 0.3 is 12.1 Å². The number of nitrogens with one attached hydrogen (secondary N) is 1. The molecule has 7 heteroatoms. The molecule has 1 amide bonds. The zero-order valence-electron chi connectivity index (χ0n) is 18.0. The molecule has 0 atom stereocenters. The summed E-state index contributed by atoms with van der Waals surface area (Å²) in [5, 5.41) is 2.70. The monoisotopic (exact) mass is 417 g/mol.